The molecule has 0 radical (unpaired) electrons. The van der Waals surface area contributed by atoms with Crippen molar-refractivity contribution in [3.8, 4) is 5.75 Å². The first kappa shape index (κ1) is 14.4. The predicted molar refractivity (Wildman–Crippen MR) is 77.3 cm³/mol. The molecule has 1 aromatic rings. The van der Waals surface area contributed by atoms with Crippen LogP contribution in [0.2, 0.25) is 0 Å². The minimum atomic E-state index is 0.266. The minimum Gasteiger partial charge on any atom is -0.508 e. The van der Waals surface area contributed by atoms with Crippen LogP contribution < -0.4 is 0 Å². The van der Waals surface area contributed by atoms with Crippen molar-refractivity contribution in [3.63, 3.8) is 0 Å². The van der Waals surface area contributed by atoms with E-state index in [2.05, 4.69) is 25.7 Å². The summed E-state index contributed by atoms with van der Waals surface area (Å²) in [6.07, 6.45) is 2.35. The molecule has 19 heavy (non-hydrogen) atoms. The lowest BCUT2D eigenvalue weighted by Crippen LogP contribution is -2.49. The number of aromatic hydroxyl groups is 1. The maximum absolute atomic E-state index is 10.1. The summed E-state index contributed by atoms with van der Waals surface area (Å²) >= 11 is 0. The number of para-hydroxylation sites is 1. The number of phenolic OH excluding ortho intramolecular Hbond substituents is 1. The van der Waals surface area contributed by atoms with Gasteiger partial charge in [0.05, 0.1) is 12.7 Å². The van der Waals surface area contributed by atoms with Crippen molar-refractivity contribution in [2.75, 3.05) is 13.2 Å². The van der Waals surface area contributed by atoms with E-state index >= 15 is 0 Å². The van der Waals surface area contributed by atoms with Gasteiger partial charge in [0, 0.05) is 24.2 Å². The highest BCUT2D eigenvalue weighted by Gasteiger charge is 2.32. The van der Waals surface area contributed by atoms with Crippen LogP contribution in [0.4, 0.5) is 0 Å². The summed E-state index contributed by atoms with van der Waals surface area (Å²) in [5, 5.41) is 10.1. The van der Waals surface area contributed by atoms with Gasteiger partial charge >= 0.3 is 0 Å². The molecule has 1 fully saturated rings. The monoisotopic (exact) mass is 263 g/mol. The van der Waals surface area contributed by atoms with Gasteiger partial charge in [-0.1, -0.05) is 32.0 Å². The van der Waals surface area contributed by atoms with Gasteiger partial charge in [0.1, 0.15) is 5.75 Å². The molecule has 0 aromatic heterocycles. The molecule has 3 unspecified atom stereocenters. The Labute approximate surface area is 116 Å². The highest BCUT2D eigenvalue weighted by Crippen LogP contribution is 2.34. The number of ether oxygens (including phenoxy) is 1. The molecule has 106 valence electrons. The molecule has 1 aliphatic heterocycles. The van der Waals surface area contributed by atoms with Gasteiger partial charge in [-0.3, -0.25) is 4.90 Å². The quantitative estimate of drug-likeness (QED) is 0.904. The van der Waals surface area contributed by atoms with Crippen LogP contribution in [-0.4, -0.2) is 35.3 Å². The van der Waals surface area contributed by atoms with E-state index in [9.17, 15) is 5.11 Å². The van der Waals surface area contributed by atoms with E-state index in [0.29, 0.717) is 11.8 Å². The Morgan fingerprint density at radius 3 is 2.74 bits per heavy atom. The van der Waals surface area contributed by atoms with E-state index in [4.69, 9.17) is 4.74 Å². The Hall–Kier alpha value is -1.06. The number of hydrogen-bond donors (Lipinski definition) is 1. The molecule has 3 heteroatoms. The third-order valence-corrected chi connectivity index (χ3v) is 4.06. The molecule has 3 nitrogen and oxygen atoms in total. The SMILES string of the molecule is CCC1COC(C)CN1C(CC)c1ccccc1O. The van der Waals surface area contributed by atoms with Gasteiger partial charge in [-0.2, -0.15) is 0 Å². The number of rotatable bonds is 4. The summed E-state index contributed by atoms with van der Waals surface area (Å²) in [7, 11) is 0. The number of nitrogens with zero attached hydrogens (tertiary/aromatic N) is 1. The van der Waals surface area contributed by atoms with E-state index in [0.717, 1.165) is 31.6 Å². The number of morpholine rings is 1. The van der Waals surface area contributed by atoms with Crippen molar-refractivity contribution in [2.24, 2.45) is 0 Å². The second-order valence-electron chi connectivity index (χ2n) is 5.39. The fourth-order valence-corrected chi connectivity index (χ4v) is 3.01. The molecular weight excluding hydrogens is 238 g/mol. The van der Waals surface area contributed by atoms with Gasteiger partial charge in [0.15, 0.2) is 0 Å². The van der Waals surface area contributed by atoms with Crippen molar-refractivity contribution in [2.45, 2.75) is 51.8 Å². The molecule has 1 saturated heterocycles. The van der Waals surface area contributed by atoms with Crippen molar-refractivity contribution in [3.05, 3.63) is 29.8 Å². The van der Waals surface area contributed by atoms with Crippen LogP contribution in [0.25, 0.3) is 0 Å². The smallest absolute Gasteiger partial charge is 0.120 e. The van der Waals surface area contributed by atoms with Crippen LogP contribution in [-0.2, 0) is 4.74 Å². The average Bonchev–Trinajstić information content (AvgIpc) is 2.42. The summed E-state index contributed by atoms with van der Waals surface area (Å²) in [6.45, 7) is 8.24. The Kier molecular flexibility index (Phi) is 4.83. The first-order chi connectivity index (χ1) is 9.17. The van der Waals surface area contributed by atoms with Crippen LogP contribution in [0.1, 0.15) is 45.2 Å². The van der Waals surface area contributed by atoms with Gasteiger partial charge in [0.25, 0.3) is 0 Å². The summed E-state index contributed by atoms with van der Waals surface area (Å²) in [5.74, 6) is 0.406. The van der Waals surface area contributed by atoms with Gasteiger partial charge in [-0.05, 0) is 25.8 Å². The molecule has 0 bridgehead atoms. The Morgan fingerprint density at radius 1 is 1.37 bits per heavy atom. The van der Waals surface area contributed by atoms with E-state index in [1.807, 2.05) is 18.2 Å². The summed E-state index contributed by atoms with van der Waals surface area (Å²) < 4.78 is 5.77. The summed E-state index contributed by atoms with van der Waals surface area (Å²) in [4.78, 5) is 2.50. The first-order valence-electron chi connectivity index (χ1n) is 7.32. The zero-order valence-corrected chi connectivity index (χ0v) is 12.2. The standard InChI is InChI=1S/C16H25NO2/c1-4-13-11-19-12(3)10-17(13)15(5-2)14-8-6-7-9-16(14)18/h6-9,12-13,15,18H,4-5,10-11H2,1-3H3. The van der Waals surface area contributed by atoms with Gasteiger partial charge < -0.3 is 9.84 Å². The van der Waals surface area contributed by atoms with E-state index in [1.165, 1.54) is 0 Å². The van der Waals surface area contributed by atoms with Crippen molar-refractivity contribution in [1.82, 2.24) is 4.90 Å². The molecular formula is C16H25NO2. The second kappa shape index (κ2) is 6.40. The second-order valence-corrected chi connectivity index (χ2v) is 5.39. The summed E-state index contributed by atoms with van der Waals surface area (Å²) in [6, 6.07) is 8.42. The molecule has 1 N–H and O–H groups in total. The number of benzene rings is 1. The molecule has 1 aliphatic rings. The molecule has 0 amide bonds. The van der Waals surface area contributed by atoms with Crippen LogP contribution in [0.15, 0.2) is 24.3 Å². The largest absolute Gasteiger partial charge is 0.508 e. The van der Waals surface area contributed by atoms with E-state index in [1.54, 1.807) is 6.07 Å². The normalized spacial score (nSPS) is 26.3. The Bertz CT molecular complexity index is 407. The highest BCUT2D eigenvalue weighted by atomic mass is 16.5. The van der Waals surface area contributed by atoms with Crippen LogP contribution in [0.5, 0.6) is 5.75 Å². The molecule has 0 spiro atoms. The van der Waals surface area contributed by atoms with Gasteiger partial charge in [0.2, 0.25) is 0 Å². The highest BCUT2D eigenvalue weighted by molar-refractivity contribution is 5.34. The van der Waals surface area contributed by atoms with Crippen LogP contribution in [0.3, 0.4) is 0 Å². The zero-order valence-electron chi connectivity index (χ0n) is 12.2. The summed E-state index contributed by atoms with van der Waals surface area (Å²) in [5.41, 5.74) is 1.04. The Balaban J connectivity index is 2.26. The fraction of sp³-hybridized carbons (Fsp3) is 0.625. The molecule has 0 aliphatic carbocycles. The zero-order chi connectivity index (χ0) is 13.8. The lowest BCUT2D eigenvalue weighted by molar-refractivity contribution is -0.0741. The molecule has 1 aromatic carbocycles. The number of hydrogen-bond acceptors (Lipinski definition) is 3. The lowest BCUT2D eigenvalue weighted by atomic mass is 9.97. The maximum Gasteiger partial charge on any atom is 0.120 e. The third kappa shape index (κ3) is 3.10. The van der Waals surface area contributed by atoms with Gasteiger partial charge in [-0.15, -0.1) is 0 Å². The molecule has 1 heterocycles. The Morgan fingerprint density at radius 2 is 2.11 bits per heavy atom. The third-order valence-electron chi connectivity index (χ3n) is 4.06. The number of phenols is 1. The van der Waals surface area contributed by atoms with Crippen molar-refractivity contribution >= 4 is 0 Å². The predicted octanol–water partition coefficient (Wildman–Crippen LogP) is 3.34. The van der Waals surface area contributed by atoms with Crippen LogP contribution >= 0.6 is 0 Å². The first-order valence-corrected chi connectivity index (χ1v) is 7.32. The molecule has 2 rings (SSSR count). The van der Waals surface area contributed by atoms with Crippen LogP contribution in [0, 0.1) is 0 Å². The van der Waals surface area contributed by atoms with Crippen molar-refractivity contribution in [1.29, 1.82) is 0 Å². The van der Waals surface area contributed by atoms with E-state index in [-0.39, 0.29) is 12.1 Å². The molecule has 0 saturated carbocycles. The minimum absolute atomic E-state index is 0.266. The average molecular weight is 263 g/mol. The topological polar surface area (TPSA) is 32.7 Å². The lowest BCUT2D eigenvalue weighted by Gasteiger charge is -2.43. The molecule has 3 atom stereocenters. The maximum atomic E-state index is 10.1. The van der Waals surface area contributed by atoms with Gasteiger partial charge in [-0.25, -0.2) is 0 Å². The fourth-order valence-electron chi connectivity index (χ4n) is 3.01. The van der Waals surface area contributed by atoms with Crippen molar-refractivity contribution < 1.29 is 9.84 Å². The van der Waals surface area contributed by atoms with E-state index < -0.39 is 0 Å².